The van der Waals surface area contributed by atoms with Gasteiger partial charge in [-0.3, -0.25) is 0 Å². The Morgan fingerprint density at radius 3 is 2.36 bits per heavy atom. The molecule has 0 amide bonds. The van der Waals surface area contributed by atoms with Gasteiger partial charge in [-0.15, -0.1) is 0 Å². The van der Waals surface area contributed by atoms with Gasteiger partial charge in [0.05, 0.1) is 11.6 Å². The Morgan fingerprint density at radius 1 is 1.36 bits per heavy atom. The summed E-state index contributed by atoms with van der Waals surface area (Å²) in [7, 11) is -1.21. The van der Waals surface area contributed by atoms with Crippen LogP contribution in [-0.4, -0.2) is 8.07 Å². The molecule has 1 rings (SSSR count). The maximum atomic E-state index is 5.48. The molecule has 0 bridgehead atoms. The van der Waals surface area contributed by atoms with Crippen molar-refractivity contribution in [2.75, 3.05) is 0 Å². The van der Waals surface area contributed by atoms with Crippen LogP contribution in [0.15, 0.2) is 16.7 Å². The van der Waals surface area contributed by atoms with Crippen LogP contribution < -0.4 is 5.38 Å². The van der Waals surface area contributed by atoms with E-state index in [0.29, 0.717) is 0 Å². The number of hydrogen-bond donors (Lipinski definition) is 0. The van der Waals surface area contributed by atoms with E-state index in [1.807, 2.05) is 6.26 Å². The first-order valence-electron chi connectivity index (χ1n) is 4.12. The summed E-state index contributed by atoms with van der Waals surface area (Å²) >= 11 is 0. The molecule has 1 aromatic heterocycles. The number of aryl methyl sites for hydroxylation is 1. The second kappa shape index (κ2) is 2.86. The minimum Gasteiger partial charge on any atom is -0.474 e. The van der Waals surface area contributed by atoms with Crippen LogP contribution in [0.1, 0.15) is 12.5 Å². The van der Waals surface area contributed by atoms with Gasteiger partial charge in [-0.2, -0.15) is 0 Å². The SMILES string of the molecule is CCc1ccoc1[Si](C)(C)C. The van der Waals surface area contributed by atoms with Crippen LogP contribution in [0.3, 0.4) is 0 Å². The summed E-state index contributed by atoms with van der Waals surface area (Å²) in [5.41, 5.74) is 1.39. The summed E-state index contributed by atoms with van der Waals surface area (Å²) in [6.45, 7) is 9.11. The lowest BCUT2D eigenvalue weighted by atomic mass is 10.3. The summed E-state index contributed by atoms with van der Waals surface area (Å²) in [6, 6.07) is 2.09. The standard InChI is InChI=1S/C9H16OSi/c1-5-8-6-7-10-9(8)11(2,3)4/h6-7H,5H2,1-4H3. The zero-order valence-electron chi connectivity index (χ0n) is 7.77. The van der Waals surface area contributed by atoms with E-state index >= 15 is 0 Å². The molecule has 0 aliphatic rings. The van der Waals surface area contributed by atoms with Gasteiger partial charge in [-0.25, -0.2) is 0 Å². The third-order valence-corrected chi connectivity index (χ3v) is 3.61. The van der Waals surface area contributed by atoms with Crippen LogP contribution in [-0.2, 0) is 6.42 Å². The highest BCUT2D eigenvalue weighted by atomic mass is 28.3. The molecule has 2 heteroatoms. The molecule has 1 nitrogen and oxygen atoms in total. The fraction of sp³-hybridized carbons (Fsp3) is 0.556. The van der Waals surface area contributed by atoms with Crippen LogP contribution in [0.5, 0.6) is 0 Å². The normalized spacial score (nSPS) is 12.0. The highest BCUT2D eigenvalue weighted by Crippen LogP contribution is 2.08. The van der Waals surface area contributed by atoms with E-state index in [1.54, 1.807) is 0 Å². The van der Waals surface area contributed by atoms with E-state index < -0.39 is 8.07 Å². The first-order valence-corrected chi connectivity index (χ1v) is 7.62. The van der Waals surface area contributed by atoms with Crippen molar-refractivity contribution in [3.05, 3.63) is 17.9 Å². The molecular weight excluding hydrogens is 152 g/mol. The van der Waals surface area contributed by atoms with Crippen molar-refractivity contribution in [3.8, 4) is 0 Å². The molecule has 0 radical (unpaired) electrons. The molecule has 0 fully saturated rings. The molecule has 0 saturated heterocycles. The zero-order valence-corrected chi connectivity index (χ0v) is 8.77. The summed E-state index contributed by atoms with van der Waals surface area (Å²) < 4.78 is 5.48. The smallest absolute Gasteiger partial charge is 0.123 e. The molecule has 0 saturated carbocycles. The van der Waals surface area contributed by atoms with Gasteiger partial charge >= 0.3 is 0 Å². The van der Waals surface area contributed by atoms with Crippen molar-refractivity contribution < 1.29 is 4.42 Å². The monoisotopic (exact) mass is 168 g/mol. The molecule has 0 spiro atoms. The van der Waals surface area contributed by atoms with E-state index in [9.17, 15) is 0 Å². The highest BCUT2D eigenvalue weighted by Gasteiger charge is 2.22. The third-order valence-electron chi connectivity index (χ3n) is 1.81. The molecular formula is C9H16OSi. The molecule has 0 atom stereocenters. The predicted molar refractivity (Wildman–Crippen MR) is 51.1 cm³/mol. The van der Waals surface area contributed by atoms with E-state index in [-0.39, 0.29) is 0 Å². The maximum Gasteiger partial charge on any atom is 0.123 e. The van der Waals surface area contributed by atoms with Gasteiger partial charge in [0, 0.05) is 0 Å². The minimum atomic E-state index is -1.21. The average Bonchev–Trinajstić information content (AvgIpc) is 2.31. The second-order valence-corrected chi connectivity index (χ2v) is 8.83. The maximum absolute atomic E-state index is 5.48. The van der Waals surface area contributed by atoms with Gasteiger partial charge in [-0.05, 0) is 18.1 Å². The van der Waals surface area contributed by atoms with E-state index in [1.165, 1.54) is 10.9 Å². The number of furan rings is 1. The second-order valence-electron chi connectivity index (χ2n) is 3.88. The summed E-state index contributed by atoms with van der Waals surface area (Å²) in [6.07, 6.45) is 2.91. The Labute approximate surface area is 69.4 Å². The summed E-state index contributed by atoms with van der Waals surface area (Å²) in [5, 5.41) is 1.26. The fourth-order valence-electron chi connectivity index (χ4n) is 1.27. The van der Waals surface area contributed by atoms with Crippen molar-refractivity contribution in [1.29, 1.82) is 0 Å². The largest absolute Gasteiger partial charge is 0.474 e. The van der Waals surface area contributed by atoms with Crippen molar-refractivity contribution >= 4 is 13.5 Å². The van der Waals surface area contributed by atoms with Gasteiger partial charge in [0.25, 0.3) is 0 Å². The van der Waals surface area contributed by atoms with Crippen LogP contribution >= 0.6 is 0 Å². The lowest BCUT2D eigenvalue weighted by molar-refractivity contribution is 0.595. The Kier molecular flexibility index (Phi) is 2.23. The van der Waals surface area contributed by atoms with Crippen molar-refractivity contribution in [1.82, 2.24) is 0 Å². The molecule has 11 heavy (non-hydrogen) atoms. The lowest BCUT2D eigenvalue weighted by Crippen LogP contribution is -2.38. The van der Waals surface area contributed by atoms with Crippen molar-refractivity contribution in [3.63, 3.8) is 0 Å². The fourth-order valence-corrected chi connectivity index (χ4v) is 2.92. The van der Waals surface area contributed by atoms with Crippen LogP contribution in [0, 0.1) is 0 Å². The number of hydrogen-bond acceptors (Lipinski definition) is 1. The first kappa shape index (κ1) is 8.59. The molecule has 1 aromatic rings. The quantitative estimate of drug-likeness (QED) is 0.618. The van der Waals surface area contributed by atoms with Crippen molar-refractivity contribution in [2.45, 2.75) is 33.0 Å². The van der Waals surface area contributed by atoms with Crippen LogP contribution in [0.2, 0.25) is 19.6 Å². The molecule has 0 aliphatic carbocycles. The number of rotatable bonds is 2. The Bertz CT molecular complexity index is 232. The van der Waals surface area contributed by atoms with Gasteiger partial charge in [0.2, 0.25) is 0 Å². The molecule has 1 heterocycles. The Morgan fingerprint density at radius 2 is 2.00 bits per heavy atom. The predicted octanol–water partition coefficient (Wildman–Crippen LogP) is 2.39. The van der Waals surface area contributed by atoms with E-state index in [0.717, 1.165) is 6.42 Å². The molecule has 0 aromatic carbocycles. The van der Waals surface area contributed by atoms with Crippen LogP contribution in [0.4, 0.5) is 0 Å². The van der Waals surface area contributed by atoms with Crippen molar-refractivity contribution in [2.24, 2.45) is 0 Å². The summed E-state index contributed by atoms with van der Waals surface area (Å²) in [5.74, 6) is 0. The van der Waals surface area contributed by atoms with Gasteiger partial charge in [-0.1, -0.05) is 26.6 Å². The van der Waals surface area contributed by atoms with Gasteiger partial charge < -0.3 is 4.42 Å². The van der Waals surface area contributed by atoms with E-state index in [4.69, 9.17) is 4.42 Å². The molecule has 0 aliphatic heterocycles. The topological polar surface area (TPSA) is 13.1 Å². The highest BCUT2D eigenvalue weighted by molar-refractivity contribution is 6.88. The van der Waals surface area contributed by atoms with Gasteiger partial charge in [0.15, 0.2) is 0 Å². The molecule has 0 N–H and O–H groups in total. The Hall–Kier alpha value is -0.503. The first-order chi connectivity index (χ1) is 5.05. The van der Waals surface area contributed by atoms with Crippen LogP contribution in [0.25, 0.3) is 0 Å². The molecule has 62 valence electrons. The van der Waals surface area contributed by atoms with Gasteiger partial charge in [0.1, 0.15) is 8.07 Å². The zero-order chi connectivity index (χ0) is 8.48. The third kappa shape index (κ3) is 1.74. The van der Waals surface area contributed by atoms with E-state index in [2.05, 4.69) is 32.6 Å². The lowest BCUT2D eigenvalue weighted by Gasteiger charge is -2.13. The average molecular weight is 168 g/mol. The Balaban J connectivity index is 3.02. The molecule has 0 unspecified atom stereocenters. The summed E-state index contributed by atoms with van der Waals surface area (Å²) in [4.78, 5) is 0. The minimum absolute atomic E-state index is 1.09.